The number of H-pyrrole nitrogens is 1. The molecule has 1 aromatic carbocycles. The second-order valence-electron chi connectivity index (χ2n) is 6.22. The quantitative estimate of drug-likeness (QED) is 0.765. The Hall–Kier alpha value is -3.00. The normalized spacial score (nSPS) is 17.4. The molecule has 1 amide bonds. The van der Waals surface area contributed by atoms with E-state index in [0.29, 0.717) is 43.1 Å². The summed E-state index contributed by atoms with van der Waals surface area (Å²) in [5.74, 6) is 0.652. The third-order valence-corrected chi connectivity index (χ3v) is 4.31. The maximum absolute atomic E-state index is 12.8. The first-order valence-electron chi connectivity index (χ1n) is 8.46. The Kier molecular flexibility index (Phi) is 4.49. The molecule has 1 fully saturated rings. The lowest BCUT2D eigenvalue weighted by atomic mass is 10.1. The van der Waals surface area contributed by atoms with Crippen molar-refractivity contribution in [3.63, 3.8) is 0 Å². The monoisotopic (exact) mass is 353 g/mol. The SMILES string of the molecule is Cc1ccc(OCC2CN(C(=O)c3ccc4n[nH]nc4c3)CCO2)cn1. The van der Waals surface area contributed by atoms with Crippen LogP contribution in [0.4, 0.5) is 0 Å². The summed E-state index contributed by atoms with van der Waals surface area (Å²) in [4.78, 5) is 18.8. The lowest BCUT2D eigenvalue weighted by Gasteiger charge is -2.32. The van der Waals surface area contributed by atoms with E-state index in [4.69, 9.17) is 9.47 Å². The minimum atomic E-state index is -0.176. The molecule has 134 valence electrons. The smallest absolute Gasteiger partial charge is 0.254 e. The summed E-state index contributed by atoms with van der Waals surface area (Å²) in [6.45, 7) is 3.82. The largest absolute Gasteiger partial charge is 0.489 e. The number of aryl methyl sites for hydroxylation is 1. The average molecular weight is 353 g/mol. The molecule has 0 spiro atoms. The molecule has 0 aliphatic carbocycles. The van der Waals surface area contributed by atoms with Crippen LogP contribution >= 0.6 is 0 Å². The van der Waals surface area contributed by atoms with Gasteiger partial charge in [-0.1, -0.05) is 0 Å². The van der Waals surface area contributed by atoms with Crippen LogP contribution in [0.25, 0.3) is 11.0 Å². The third kappa shape index (κ3) is 3.50. The zero-order valence-electron chi connectivity index (χ0n) is 14.4. The molecule has 1 N–H and O–H groups in total. The van der Waals surface area contributed by atoms with Crippen molar-refractivity contribution in [2.24, 2.45) is 0 Å². The molecule has 0 bridgehead atoms. The number of carbonyl (C=O) groups excluding carboxylic acids is 1. The highest BCUT2D eigenvalue weighted by Gasteiger charge is 2.26. The van der Waals surface area contributed by atoms with Gasteiger partial charge in [-0.15, -0.1) is 0 Å². The molecule has 8 heteroatoms. The molecule has 8 nitrogen and oxygen atoms in total. The zero-order valence-corrected chi connectivity index (χ0v) is 14.4. The number of benzene rings is 1. The van der Waals surface area contributed by atoms with Gasteiger partial charge >= 0.3 is 0 Å². The van der Waals surface area contributed by atoms with Crippen LogP contribution in [-0.2, 0) is 4.74 Å². The van der Waals surface area contributed by atoms with Gasteiger partial charge in [0.05, 0.1) is 19.3 Å². The molecule has 4 rings (SSSR count). The van der Waals surface area contributed by atoms with Crippen LogP contribution < -0.4 is 4.74 Å². The van der Waals surface area contributed by atoms with E-state index in [9.17, 15) is 4.79 Å². The van der Waals surface area contributed by atoms with E-state index in [2.05, 4.69) is 20.4 Å². The van der Waals surface area contributed by atoms with Crippen molar-refractivity contribution in [3.05, 3.63) is 47.8 Å². The summed E-state index contributed by atoms with van der Waals surface area (Å²) in [6, 6.07) is 9.08. The number of aromatic nitrogens is 4. The second-order valence-corrected chi connectivity index (χ2v) is 6.22. The van der Waals surface area contributed by atoms with E-state index in [1.807, 2.05) is 19.1 Å². The van der Waals surface area contributed by atoms with Gasteiger partial charge in [-0.2, -0.15) is 15.4 Å². The molecule has 1 saturated heterocycles. The summed E-state index contributed by atoms with van der Waals surface area (Å²) in [6.07, 6.45) is 1.51. The molecule has 3 aromatic rings. The molecule has 1 unspecified atom stereocenters. The fourth-order valence-corrected chi connectivity index (χ4v) is 2.89. The number of ether oxygens (including phenoxy) is 2. The first-order valence-corrected chi connectivity index (χ1v) is 8.46. The molecule has 0 radical (unpaired) electrons. The number of carbonyl (C=O) groups is 1. The maximum Gasteiger partial charge on any atom is 0.254 e. The highest BCUT2D eigenvalue weighted by molar-refractivity contribution is 5.97. The lowest BCUT2D eigenvalue weighted by molar-refractivity contribution is -0.0401. The van der Waals surface area contributed by atoms with Gasteiger partial charge in [0, 0.05) is 17.8 Å². The number of hydrogen-bond donors (Lipinski definition) is 1. The number of amides is 1. The maximum atomic E-state index is 12.8. The van der Waals surface area contributed by atoms with Gasteiger partial charge in [-0.25, -0.2) is 0 Å². The number of morpholine rings is 1. The van der Waals surface area contributed by atoms with Crippen molar-refractivity contribution in [2.45, 2.75) is 13.0 Å². The number of hydrogen-bond acceptors (Lipinski definition) is 6. The molecule has 2 aromatic heterocycles. The highest BCUT2D eigenvalue weighted by Crippen LogP contribution is 2.16. The Morgan fingerprint density at radius 2 is 2.19 bits per heavy atom. The lowest BCUT2D eigenvalue weighted by Crippen LogP contribution is -2.47. The van der Waals surface area contributed by atoms with E-state index < -0.39 is 0 Å². The van der Waals surface area contributed by atoms with E-state index >= 15 is 0 Å². The summed E-state index contributed by atoms with van der Waals surface area (Å²) in [7, 11) is 0. The van der Waals surface area contributed by atoms with Crippen LogP contribution in [-0.4, -0.2) is 63.6 Å². The van der Waals surface area contributed by atoms with E-state index in [1.54, 1.807) is 29.3 Å². The zero-order chi connectivity index (χ0) is 17.9. The van der Waals surface area contributed by atoms with Gasteiger partial charge in [0.2, 0.25) is 0 Å². The summed E-state index contributed by atoms with van der Waals surface area (Å²) >= 11 is 0. The van der Waals surface area contributed by atoms with Crippen LogP contribution in [0.1, 0.15) is 16.1 Å². The Bertz CT molecular complexity index is 909. The molecule has 1 aliphatic rings. The van der Waals surface area contributed by atoms with Gasteiger partial charge in [0.15, 0.2) is 0 Å². The van der Waals surface area contributed by atoms with Crippen molar-refractivity contribution in [1.29, 1.82) is 0 Å². The Labute approximate surface area is 150 Å². The van der Waals surface area contributed by atoms with E-state index in [-0.39, 0.29) is 12.0 Å². The van der Waals surface area contributed by atoms with E-state index in [1.165, 1.54) is 0 Å². The number of nitrogens with zero attached hydrogens (tertiary/aromatic N) is 4. The van der Waals surface area contributed by atoms with Gasteiger partial charge in [0.1, 0.15) is 29.5 Å². The Morgan fingerprint density at radius 1 is 1.31 bits per heavy atom. The molecule has 1 aliphatic heterocycles. The summed E-state index contributed by atoms with van der Waals surface area (Å²) in [5.41, 5.74) is 2.94. The van der Waals surface area contributed by atoms with Crippen molar-refractivity contribution in [1.82, 2.24) is 25.3 Å². The number of nitrogens with one attached hydrogen (secondary N) is 1. The number of aromatic amines is 1. The van der Waals surface area contributed by atoms with Crippen LogP contribution in [0.5, 0.6) is 5.75 Å². The minimum Gasteiger partial charge on any atom is -0.489 e. The highest BCUT2D eigenvalue weighted by atomic mass is 16.5. The summed E-state index contributed by atoms with van der Waals surface area (Å²) < 4.78 is 11.5. The Morgan fingerprint density at radius 3 is 3.04 bits per heavy atom. The van der Waals surface area contributed by atoms with Crippen LogP contribution in [0.3, 0.4) is 0 Å². The number of fused-ring (bicyclic) bond motifs is 1. The van der Waals surface area contributed by atoms with Crippen LogP contribution in [0.2, 0.25) is 0 Å². The molecule has 1 atom stereocenters. The first kappa shape index (κ1) is 16.5. The minimum absolute atomic E-state index is 0.0415. The summed E-state index contributed by atoms with van der Waals surface area (Å²) in [5, 5.41) is 10.6. The Balaban J connectivity index is 1.39. The topological polar surface area (TPSA) is 93.2 Å². The van der Waals surface area contributed by atoms with Gasteiger partial charge in [0.25, 0.3) is 5.91 Å². The average Bonchev–Trinajstić information content (AvgIpc) is 3.15. The second kappa shape index (κ2) is 7.09. The first-order chi connectivity index (χ1) is 12.7. The molecule has 26 heavy (non-hydrogen) atoms. The van der Waals surface area contributed by atoms with Crippen LogP contribution in [0.15, 0.2) is 36.5 Å². The van der Waals surface area contributed by atoms with Crippen molar-refractivity contribution >= 4 is 16.9 Å². The van der Waals surface area contributed by atoms with Gasteiger partial charge in [-0.05, 0) is 37.3 Å². The number of rotatable bonds is 4. The molecule has 3 heterocycles. The molecular formula is C18H19N5O3. The van der Waals surface area contributed by atoms with Crippen molar-refractivity contribution in [3.8, 4) is 5.75 Å². The van der Waals surface area contributed by atoms with Gasteiger partial charge < -0.3 is 14.4 Å². The fraction of sp³-hybridized carbons (Fsp3) is 0.333. The van der Waals surface area contributed by atoms with Crippen LogP contribution in [0, 0.1) is 6.92 Å². The van der Waals surface area contributed by atoms with Gasteiger partial charge in [-0.3, -0.25) is 9.78 Å². The molecular weight excluding hydrogens is 334 g/mol. The standard InChI is InChI=1S/C18H19N5O3/c1-12-2-4-14(9-19-12)26-11-15-10-23(6-7-25-15)18(24)13-3-5-16-17(8-13)21-22-20-16/h2-5,8-9,15H,6-7,10-11H2,1H3,(H,20,21,22). The predicted octanol–water partition coefficient (Wildman–Crippen LogP) is 1.58. The van der Waals surface area contributed by atoms with Crippen molar-refractivity contribution < 1.29 is 14.3 Å². The number of pyridine rings is 1. The third-order valence-electron chi connectivity index (χ3n) is 4.31. The van der Waals surface area contributed by atoms with Crippen molar-refractivity contribution in [2.75, 3.05) is 26.3 Å². The van der Waals surface area contributed by atoms with E-state index in [0.717, 1.165) is 11.2 Å². The fourth-order valence-electron chi connectivity index (χ4n) is 2.89. The predicted molar refractivity (Wildman–Crippen MR) is 94.0 cm³/mol. The molecule has 0 saturated carbocycles.